The zero-order valence-electron chi connectivity index (χ0n) is 13.1. The minimum atomic E-state index is 0.309. The molecule has 110 valence electrons. The largest absolute Gasteiger partial charge is 0.330 e. The fraction of sp³-hybridized carbons (Fsp3) is 0.684. The second-order valence-corrected chi connectivity index (χ2v) is 7.86. The normalized spacial score (nSPS) is 25.1. The van der Waals surface area contributed by atoms with E-state index in [4.69, 9.17) is 5.73 Å². The highest BCUT2D eigenvalue weighted by atomic mass is 14.6. The van der Waals surface area contributed by atoms with Crippen LogP contribution < -0.4 is 5.73 Å². The Morgan fingerprint density at radius 3 is 2.25 bits per heavy atom. The minimum absolute atomic E-state index is 0.309. The number of nitrogens with two attached hydrogens (primary N) is 1. The summed E-state index contributed by atoms with van der Waals surface area (Å²) in [4.78, 5) is 0. The van der Waals surface area contributed by atoms with Gasteiger partial charge in [-0.15, -0.1) is 0 Å². The molecule has 0 aromatic heterocycles. The zero-order chi connectivity index (χ0) is 14.2. The summed E-state index contributed by atoms with van der Waals surface area (Å²) in [6.45, 7) is 5.66. The summed E-state index contributed by atoms with van der Waals surface area (Å²) in [5.74, 6) is 0.767. The van der Waals surface area contributed by atoms with Gasteiger partial charge in [-0.3, -0.25) is 0 Å². The number of hydrogen-bond acceptors (Lipinski definition) is 1. The SMILES string of the molecule is CC1(C)CCC(c2ccccc2C2(CN)CCC2)CC1. The van der Waals surface area contributed by atoms with Gasteiger partial charge in [0.2, 0.25) is 0 Å². The lowest BCUT2D eigenvalue weighted by Gasteiger charge is -2.44. The average Bonchev–Trinajstić information content (AvgIpc) is 2.39. The molecule has 2 saturated carbocycles. The van der Waals surface area contributed by atoms with Crippen LogP contribution in [0.1, 0.15) is 75.8 Å². The van der Waals surface area contributed by atoms with E-state index in [1.54, 1.807) is 11.1 Å². The molecule has 20 heavy (non-hydrogen) atoms. The molecule has 2 fully saturated rings. The first-order valence-electron chi connectivity index (χ1n) is 8.36. The third-order valence-corrected chi connectivity index (χ3v) is 6.01. The summed E-state index contributed by atoms with van der Waals surface area (Å²) in [6.07, 6.45) is 9.36. The van der Waals surface area contributed by atoms with E-state index in [9.17, 15) is 0 Å². The van der Waals surface area contributed by atoms with E-state index >= 15 is 0 Å². The van der Waals surface area contributed by atoms with Crippen LogP contribution in [0.5, 0.6) is 0 Å². The van der Waals surface area contributed by atoms with Gasteiger partial charge in [0.15, 0.2) is 0 Å². The lowest BCUT2D eigenvalue weighted by atomic mass is 9.61. The average molecular weight is 271 g/mol. The number of benzene rings is 1. The Balaban J connectivity index is 1.87. The first kappa shape index (κ1) is 14.1. The summed E-state index contributed by atoms with van der Waals surface area (Å²) in [5, 5.41) is 0. The Labute approximate surface area is 124 Å². The molecule has 2 aliphatic rings. The second kappa shape index (κ2) is 5.18. The van der Waals surface area contributed by atoms with Crippen LogP contribution in [0.3, 0.4) is 0 Å². The molecule has 0 bridgehead atoms. The highest BCUT2D eigenvalue weighted by Gasteiger charge is 2.40. The molecule has 1 aromatic rings. The predicted molar refractivity (Wildman–Crippen MR) is 86.0 cm³/mol. The topological polar surface area (TPSA) is 26.0 Å². The van der Waals surface area contributed by atoms with E-state index in [1.807, 2.05) is 0 Å². The van der Waals surface area contributed by atoms with Gasteiger partial charge in [0.05, 0.1) is 0 Å². The van der Waals surface area contributed by atoms with E-state index in [0.29, 0.717) is 10.8 Å². The molecule has 0 radical (unpaired) electrons. The van der Waals surface area contributed by atoms with E-state index in [2.05, 4.69) is 38.1 Å². The Morgan fingerprint density at radius 1 is 1.05 bits per heavy atom. The van der Waals surface area contributed by atoms with E-state index in [-0.39, 0.29) is 0 Å². The first-order valence-corrected chi connectivity index (χ1v) is 8.36. The van der Waals surface area contributed by atoms with Crippen molar-refractivity contribution in [3.63, 3.8) is 0 Å². The first-order chi connectivity index (χ1) is 9.56. The van der Waals surface area contributed by atoms with Gasteiger partial charge in [0.25, 0.3) is 0 Å². The van der Waals surface area contributed by atoms with Gasteiger partial charge in [0.1, 0.15) is 0 Å². The Morgan fingerprint density at radius 2 is 1.70 bits per heavy atom. The van der Waals surface area contributed by atoms with E-state index < -0.39 is 0 Å². The third-order valence-electron chi connectivity index (χ3n) is 6.01. The smallest absolute Gasteiger partial charge is 0.00784 e. The van der Waals surface area contributed by atoms with Crippen molar-refractivity contribution in [2.75, 3.05) is 6.54 Å². The molecule has 1 aromatic carbocycles. The van der Waals surface area contributed by atoms with Crippen LogP contribution in [0.2, 0.25) is 0 Å². The predicted octanol–water partition coefficient (Wildman–Crippen LogP) is 4.75. The third kappa shape index (κ3) is 2.41. The summed E-state index contributed by atoms with van der Waals surface area (Å²) in [6, 6.07) is 9.18. The lowest BCUT2D eigenvalue weighted by Crippen LogP contribution is -2.42. The second-order valence-electron chi connectivity index (χ2n) is 7.86. The molecule has 3 rings (SSSR count). The fourth-order valence-electron chi connectivity index (χ4n) is 4.23. The van der Waals surface area contributed by atoms with Crippen molar-refractivity contribution < 1.29 is 0 Å². The van der Waals surface area contributed by atoms with Crippen LogP contribution in [-0.2, 0) is 5.41 Å². The van der Waals surface area contributed by atoms with Crippen LogP contribution in [0.15, 0.2) is 24.3 Å². The maximum Gasteiger partial charge on any atom is 0.00784 e. The fourth-order valence-corrected chi connectivity index (χ4v) is 4.23. The highest BCUT2D eigenvalue weighted by Crippen LogP contribution is 2.49. The quantitative estimate of drug-likeness (QED) is 0.843. The minimum Gasteiger partial charge on any atom is -0.330 e. The monoisotopic (exact) mass is 271 g/mol. The van der Waals surface area contributed by atoms with Crippen LogP contribution in [0.25, 0.3) is 0 Å². The van der Waals surface area contributed by atoms with Crippen LogP contribution >= 0.6 is 0 Å². The summed E-state index contributed by atoms with van der Waals surface area (Å²) < 4.78 is 0. The molecule has 2 aliphatic carbocycles. The van der Waals surface area contributed by atoms with Gasteiger partial charge in [-0.2, -0.15) is 0 Å². The molecule has 0 amide bonds. The molecular formula is C19H29N. The van der Waals surface area contributed by atoms with Crippen molar-refractivity contribution in [3.8, 4) is 0 Å². The molecule has 0 unspecified atom stereocenters. The standard InChI is InChI=1S/C19H29N/c1-18(2)12-8-15(9-13-18)16-6-3-4-7-17(16)19(14-20)10-5-11-19/h3-4,6-7,15H,5,8-14,20H2,1-2H3. The van der Waals surface area contributed by atoms with Crippen molar-refractivity contribution in [2.45, 2.75) is 70.1 Å². The van der Waals surface area contributed by atoms with Crippen LogP contribution in [0, 0.1) is 5.41 Å². The van der Waals surface area contributed by atoms with Gasteiger partial charge in [-0.05, 0) is 61.0 Å². The Kier molecular flexibility index (Phi) is 3.66. The molecule has 1 nitrogen and oxygen atoms in total. The Bertz CT molecular complexity index is 455. The molecule has 0 spiro atoms. The van der Waals surface area contributed by atoms with Crippen molar-refractivity contribution in [1.82, 2.24) is 0 Å². The zero-order valence-corrected chi connectivity index (χ0v) is 13.1. The van der Waals surface area contributed by atoms with Crippen LogP contribution in [0.4, 0.5) is 0 Å². The summed E-state index contributed by atoms with van der Waals surface area (Å²) in [7, 11) is 0. The van der Waals surface area contributed by atoms with Crippen molar-refractivity contribution >= 4 is 0 Å². The lowest BCUT2D eigenvalue weighted by molar-refractivity contribution is 0.217. The van der Waals surface area contributed by atoms with Gasteiger partial charge >= 0.3 is 0 Å². The maximum atomic E-state index is 6.14. The molecule has 0 atom stereocenters. The molecule has 2 N–H and O–H groups in total. The highest BCUT2D eigenvalue weighted by molar-refractivity contribution is 5.39. The molecule has 0 saturated heterocycles. The van der Waals surface area contributed by atoms with Crippen molar-refractivity contribution in [1.29, 1.82) is 0 Å². The summed E-state index contributed by atoms with van der Waals surface area (Å²) >= 11 is 0. The number of rotatable bonds is 3. The molecule has 0 heterocycles. The van der Waals surface area contributed by atoms with Gasteiger partial charge < -0.3 is 5.73 Å². The number of hydrogen-bond donors (Lipinski definition) is 1. The Hall–Kier alpha value is -0.820. The van der Waals surface area contributed by atoms with Gasteiger partial charge in [-0.25, -0.2) is 0 Å². The van der Waals surface area contributed by atoms with Crippen molar-refractivity contribution in [2.24, 2.45) is 11.1 Å². The molecular weight excluding hydrogens is 242 g/mol. The van der Waals surface area contributed by atoms with E-state index in [0.717, 1.165) is 12.5 Å². The molecule has 0 aliphatic heterocycles. The molecule has 1 heteroatoms. The van der Waals surface area contributed by atoms with Crippen LogP contribution in [-0.4, -0.2) is 6.54 Å². The maximum absolute atomic E-state index is 6.14. The van der Waals surface area contributed by atoms with Crippen molar-refractivity contribution in [3.05, 3.63) is 35.4 Å². The van der Waals surface area contributed by atoms with Gasteiger partial charge in [0, 0.05) is 12.0 Å². The van der Waals surface area contributed by atoms with E-state index in [1.165, 1.54) is 44.9 Å². The summed E-state index contributed by atoms with van der Waals surface area (Å²) in [5.41, 5.74) is 10.2. The van der Waals surface area contributed by atoms with Gasteiger partial charge in [-0.1, -0.05) is 44.5 Å².